The van der Waals surface area contributed by atoms with Crippen LogP contribution in [0.5, 0.6) is 0 Å². The van der Waals surface area contributed by atoms with Crippen molar-refractivity contribution in [2.45, 2.75) is 0 Å². The highest BCUT2D eigenvalue weighted by atomic mass is 16.6. The minimum Gasteiger partial charge on any atom is -0.464 e. The van der Waals surface area contributed by atoms with E-state index >= 15 is 0 Å². The van der Waals surface area contributed by atoms with E-state index in [1.165, 1.54) is 14.2 Å². The molecule has 6 rings (SSSR count). The molecule has 0 radical (unpaired) electrons. The molecule has 3 fully saturated rings. The van der Waals surface area contributed by atoms with Gasteiger partial charge in [0.2, 0.25) is 0 Å². The Morgan fingerprint density at radius 3 is 1.59 bits per heavy atom. The molecule has 0 aromatic carbocycles. The summed E-state index contributed by atoms with van der Waals surface area (Å²) in [6.07, 6.45) is 3.86. The lowest BCUT2D eigenvalue weighted by Gasteiger charge is -2.63. The molecule has 0 N–H and O–H groups in total. The molecule has 0 spiro atoms. The molecule has 6 aliphatic rings. The van der Waals surface area contributed by atoms with Crippen molar-refractivity contribution in [3.63, 3.8) is 0 Å². The number of esters is 4. The van der Waals surface area contributed by atoms with Crippen molar-refractivity contribution in [3.05, 3.63) is 12.2 Å². The average Bonchev–Trinajstić information content (AvgIpc) is 2.98. The number of allylic oxidation sites excluding steroid dienone is 2. The van der Waals surface area contributed by atoms with Crippen LogP contribution in [0.25, 0.3) is 0 Å². The van der Waals surface area contributed by atoms with Crippen LogP contribution >= 0.6 is 0 Å². The van der Waals surface area contributed by atoms with E-state index in [0.29, 0.717) is 0 Å². The van der Waals surface area contributed by atoms with Crippen LogP contribution in [0.1, 0.15) is 0 Å². The standard InChI is InChI=1S/C18H16N2O7/c1-25-17(23)13-11-7-5-3-4-6(10-9(5)15(21)27-16(10)22)8(7)12(11)14(20-19-13)18(24)26-2/h3-12H,1-2H3/t5-,6-,7?,8?,9?,10?,11?,12?/m0/s1. The topological polar surface area (TPSA) is 121 Å². The molecule has 2 saturated carbocycles. The summed E-state index contributed by atoms with van der Waals surface area (Å²) in [5.74, 6) is -4.88. The van der Waals surface area contributed by atoms with Crippen molar-refractivity contribution in [1.29, 1.82) is 0 Å². The highest BCUT2D eigenvalue weighted by molar-refractivity contribution is 6.43. The molecule has 27 heavy (non-hydrogen) atoms. The van der Waals surface area contributed by atoms with Crippen LogP contribution < -0.4 is 0 Å². The minimum atomic E-state index is -0.608. The Kier molecular flexibility index (Phi) is 3.23. The number of hydrogen-bond donors (Lipinski definition) is 0. The molecule has 9 heteroatoms. The van der Waals surface area contributed by atoms with Gasteiger partial charge < -0.3 is 14.2 Å². The van der Waals surface area contributed by atoms with Crippen LogP contribution in [0.15, 0.2) is 22.4 Å². The minimum absolute atomic E-state index is 0.113. The second-order valence-corrected chi connectivity index (χ2v) is 7.49. The highest BCUT2D eigenvalue weighted by Gasteiger charge is 2.72. The Morgan fingerprint density at radius 1 is 0.815 bits per heavy atom. The largest absolute Gasteiger partial charge is 0.464 e. The summed E-state index contributed by atoms with van der Waals surface area (Å²) in [5, 5.41) is 7.90. The molecule has 140 valence electrons. The summed E-state index contributed by atoms with van der Waals surface area (Å²) < 4.78 is 14.6. The summed E-state index contributed by atoms with van der Waals surface area (Å²) in [5.41, 5.74) is 0.290. The summed E-state index contributed by atoms with van der Waals surface area (Å²) in [4.78, 5) is 48.9. The van der Waals surface area contributed by atoms with Gasteiger partial charge in [-0.25, -0.2) is 9.59 Å². The van der Waals surface area contributed by atoms with E-state index in [4.69, 9.17) is 14.2 Å². The van der Waals surface area contributed by atoms with Gasteiger partial charge in [-0.1, -0.05) is 12.2 Å². The third-order valence-electron chi connectivity index (χ3n) is 6.75. The number of carbonyl (C=O) groups excluding carboxylic acids is 4. The average molecular weight is 372 g/mol. The Bertz CT molecular complexity index is 818. The van der Waals surface area contributed by atoms with Crippen molar-refractivity contribution in [2.24, 2.45) is 57.5 Å². The summed E-state index contributed by atoms with van der Waals surface area (Å²) >= 11 is 0. The van der Waals surface area contributed by atoms with Gasteiger partial charge in [0.1, 0.15) is 0 Å². The number of carbonyl (C=O) groups is 4. The maximum absolute atomic E-state index is 12.2. The first-order valence-electron chi connectivity index (χ1n) is 8.75. The highest BCUT2D eigenvalue weighted by Crippen LogP contribution is 2.67. The van der Waals surface area contributed by atoms with Crippen LogP contribution in [-0.4, -0.2) is 49.5 Å². The van der Waals surface area contributed by atoms with E-state index in [1.54, 1.807) is 0 Å². The molecular formula is C18H16N2O7. The maximum atomic E-state index is 12.2. The Labute approximate surface area is 153 Å². The SMILES string of the molecule is COC(=O)C1=NN=C(C(=O)OC)C2C1C1C2[C@@H]2C=C[C@@H]1C1C(=O)OC(=O)C12. The van der Waals surface area contributed by atoms with Crippen molar-refractivity contribution in [3.8, 4) is 0 Å². The van der Waals surface area contributed by atoms with Crippen LogP contribution in [0.3, 0.4) is 0 Å². The molecular weight excluding hydrogens is 356 g/mol. The third kappa shape index (κ3) is 1.84. The lowest BCUT2D eigenvalue weighted by molar-refractivity contribution is -0.154. The molecule has 9 nitrogen and oxygen atoms in total. The number of hydrogen-bond acceptors (Lipinski definition) is 9. The number of rotatable bonds is 2. The van der Waals surface area contributed by atoms with Crippen molar-refractivity contribution < 1.29 is 33.4 Å². The van der Waals surface area contributed by atoms with Gasteiger partial charge >= 0.3 is 23.9 Å². The van der Waals surface area contributed by atoms with Gasteiger partial charge in [-0.05, 0) is 23.7 Å². The van der Waals surface area contributed by atoms with E-state index in [1.807, 2.05) is 12.2 Å². The first-order chi connectivity index (χ1) is 13.0. The number of cyclic esters (lactones) is 2. The Hall–Kier alpha value is -2.84. The molecule has 2 bridgehead atoms. The third-order valence-corrected chi connectivity index (χ3v) is 6.75. The van der Waals surface area contributed by atoms with E-state index < -0.39 is 47.5 Å². The monoisotopic (exact) mass is 372 g/mol. The molecule has 6 unspecified atom stereocenters. The quantitative estimate of drug-likeness (QED) is 0.284. The second kappa shape index (κ2) is 5.34. The second-order valence-electron chi connectivity index (χ2n) is 7.49. The molecule has 2 aliphatic heterocycles. The van der Waals surface area contributed by atoms with Gasteiger partial charge in [0, 0.05) is 11.8 Å². The fraction of sp³-hybridized carbons (Fsp3) is 0.556. The summed E-state index contributed by atoms with van der Waals surface area (Å²) in [7, 11) is 2.51. The van der Waals surface area contributed by atoms with Crippen molar-refractivity contribution in [1.82, 2.24) is 0 Å². The van der Waals surface area contributed by atoms with Crippen LogP contribution in [-0.2, 0) is 33.4 Å². The molecule has 0 aromatic rings. The maximum Gasteiger partial charge on any atom is 0.354 e. The van der Waals surface area contributed by atoms with E-state index in [0.717, 1.165) is 0 Å². The zero-order valence-electron chi connectivity index (χ0n) is 14.5. The number of methoxy groups -OCH3 is 2. The molecule has 2 heterocycles. The molecule has 1 saturated heterocycles. The van der Waals surface area contributed by atoms with E-state index in [2.05, 4.69) is 10.2 Å². The smallest absolute Gasteiger partial charge is 0.354 e. The van der Waals surface area contributed by atoms with Gasteiger partial charge in [-0.15, -0.1) is 10.2 Å². The van der Waals surface area contributed by atoms with Gasteiger partial charge in [0.15, 0.2) is 11.4 Å². The predicted molar refractivity (Wildman–Crippen MR) is 87.1 cm³/mol. The Morgan fingerprint density at radius 2 is 1.22 bits per heavy atom. The van der Waals surface area contributed by atoms with Gasteiger partial charge in [-0.3, -0.25) is 9.59 Å². The number of fused-ring (bicyclic) bond motifs is 1. The van der Waals surface area contributed by atoms with Gasteiger partial charge in [0.25, 0.3) is 0 Å². The fourth-order valence-electron chi connectivity index (χ4n) is 5.87. The zero-order valence-corrected chi connectivity index (χ0v) is 14.5. The van der Waals surface area contributed by atoms with Gasteiger partial charge in [0.05, 0.1) is 26.1 Å². The molecule has 8 atom stereocenters. The van der Waals surface area contributed by atoms with Crippen LogP contribution in [0, 0.1) is 47.3 Å². The lowest BCUT2D eigenvalue weighted by Crippen LogP contribution is -2.68. The number of ether oxygens (including phenoxy) is 3. The van der Waals surface area contributed by atoms with Gasteiger partial charge in [-0.2, -0.15) is 0 Å². The summed E-state index contributed by atoms with van der Waals surface area (Å²) in [6.45, 7) is 0. The number of nitrogens with zero attached hydrogens (tertiary/aromatic N) is 2. The normalized spacial score (nSPS) is 42.7. The van der Waals surface area contributed by atoms with Crippen LogP contribution in [0.4, 0.5) is 0 Å². The van der Waals surface area contributed by atoms with Crippen molar-refractivity contribution in [2.75, 3.05) is 14.2 Å². The fourth-order valence-corrected chi connectivity index (χ4v) is 5.87. The van der Waals surface area contributed by atoms with Crippen LogP contribution in [0.2, 0.25) is 0 Å². The molecule has 0 aromatic heterocycles. The van der Waals surface area contributed by atoms with E-state index in [-0.39, 0.29) is 35.1 Å². The summed E-state index contributed by atoms with van der Waals surface area (Å²) in [6, 6.07) is 0. The zero-order chi connectivity index (χ0) is 19.0. The first-order valence-corrected chi connectivity index (χ1v) is 8.75. The molecule has 0 amide bonds. The first kappa shape index (κ1) is 16.3. The Balaban J connectivity index is 1.61. The van der Waals surface area contributed by atoms with Crippen molar-refractivity contribution >= 4 is 35.3 Å². The molecule has 4 aliphatic carbocycles. The predicted octanol–water partition coefficient (Wildman–Crippen LogP) is -0.247. The lowest BCUT2D eigenvalue weighted by atomic mass is 9.38. The van der Waals surface area contributed by atoms with E-state index in [9.17, 15) is 19.2 Å².